The molecule has 1 unspecified atom stereocenters. The number of carbonyl (C=O) groups is 3. The van der Waals surface area contributed by atoms with Crippen molar-refractivity contribution in [1.29, 1.82) is 0 Å². The fraction of sp³-hybridized carbons (Fsp3) is 0.609. The zero-order valence-electron chi connectivity index (χ0n) is 18.2. The number of halogens is 1. The number of anilines is 1. The van der Waals surface area contributed by atoms with E-state index in [1.165, 1.54) is 17.0 Å². The summed E-state index contributed by atoms with van der Waals surface area (Å²) in [6.45, 7) is 7.06. The van der Waals surface area contributed by atoms with Crippen LogP contribution in [-0.2, 0) is 16.1 Å². The van der Waals surface area contributed by atoms with Crippen LogP contribution >= 0.6 is 0 Å². The van der Waals surface area contributed by atoms with Crippen molar-refractivity contribution in [3.63, 3.8) is 0 Å². The summed E-state index contributed by atoms with van der Waals surface area (Å²) in [6, 6.07) is 2.21. The third kappa shape index (κ3) is 3.99. The van der Waals surface area contributed by atoms with Crippen molar-refractivity contribution in [3.05, 3.63) is 29.1 Å². The standard InChI is InChI=1S/C23H30FN5O3/c24-18-2-1-16-17(14-29(23(16)32)19-3-4-20(30)26-22(19)31)21(18)28-9-5-15(6-10-28)13-27-11-7-25-8-12-27/h1-2,15,19,25H,3-14H2,(H,26,30,31). The second-order valence-electron chi connectivity index (χ2n) is 9.30. The number of amides is 3. The molecule has 4 aliphatic rings. The fourth-order valence-electron chi connectivity index (χ4n) is 5.54. The second kappa shape index (κ2) is 8.78. The van der Waals surface area contributed by atoms with Gasteiger partial charge in [0.05, 0.1) is 5.69 Å². The fourth-order valence-corrected chi connectivity index (χ4v) is 5.54. The Hall–Kier alpha value is -2.52. The largest absolute Gasteiger partial charge is 0.369 e. The van der Waals surface area contributed by atoms with E-state index < -0.39 is 11.9 Å². The molecule has 3 saturated heterocycles. The van der Waals surface area contributed by atoms with E-state index in [9.17, 15) is 14.4 Å². The molecule has 0 saturated carbocycles. The van der Waals surface area contributed by atoms with E-state index in [0.29, 0.717) is 29.2 Å². The van der Waals surface area contributed by atoms with Gasteiger partial charge in [0.2, 0.25) is 11.8 Å². The predicted molar refractivity (Wildman–Crippen MR) is 117 cm³/mol. The minimum atomic E-state index is -0.687. The molecule has 1 atom stereocenters. The summed E-state index contributed by atoms with van der Waals surface area (Å²) in [6.07, 6.45) is 2.51. The molecule has 8 nitrogen and oxygen atoms in total. The summed E-state index contributed by atoms with van der Waals surface area (Å²) in [5, 5.41) is 5.70. The van der Waals surface area contributed by atoms with Crippen LogP contribution in [0.15, 0.2) is 12.1 Å². The molecular formula is C23H30FN5O3. The van der Waals surface area contributed by atoms with Gasteiger partial charge in [-0.25, -0.2) is 4.39 Å². The highest BCUT2D eigenvalue weighted by Crippen LogP contribution is 2.37. The van der Waals surface area contributed by atoms with Gasteiger partial charge in [-0.05, 0) is 37.3 Å². The Bertz CT molecular complexity index is 924. The van der Waals surface area contributed by atoms with Gasteiger partial charge in [-0.15, -0.1) is 0 Å². The molecule has 1 aromatic rings. The van der Waals surface area contributed by atoms with Gasteiger partial charge >= 0.3 is 0 Å². The molecule has 0 aliphatic carbocycles. The Morgan fingerprint density at radius 3 is 2.47 bits per heavy atom. The molecule has 4 aliphatic heterocycles. The predicted octanol–water partition coefficient (Wildman–Crippen LogP) is 0.708. The Kier molecular flexibility index (Phi) is 5.86. The summed E-state index contributed by atoms with van der Waals surface area (Å²) < 4.78 is 15.0. The van der Waals surface area contributed by atoms with E-state index in [1.807, 2.05) is 0 Å². The lowest BCUT2D eigenvalue weighted by Crippen LogP contribution is -2.52. The van der Waals surface area contributed by atoms with Crippen molar-refractivity contribution in [3.8, 4) is 0 Å². The molecule has 32 heavy (non-hydrogen) atoms. The molecule has 3 fully saturated rings. The summed E-state index contributed by atoms with van der Waals surface area (Å²) in [5.74, 6) is -0.735. The van der Waals surface area contributed by atoms with Crippen LogP contribution in [0.3, 0.4) is 0 Å². The molecule has 0 aromatic heterocycles. The molecule has 0 spiro atoms. The van der Waals surface area contributed by atoms with Gasteiger partial charge in [0.25, 0.3) is 5.91 Å². The number of piperidine rings is 2. The number of benzene rings is 1. The third-order valence-electron chi connectivity index (χ3n) is 7.30. The first-order valence-corrected chi connectivity index (χ1v) is 11.7. The third-order valence-corrected chi connectivity index (χ3v) is 7.30. The Balaban J connectivity index is 1.29. The van der Waals surface area contributed by atoms with Crippen LogP contribution in [0.25, 0.3) is 0 Å². The minimum absolute atomic E-state index is 0.203. The highest BCUT2D eigenvalue weighted by Gasteiger charge is 2.41. The molecule has 3 amide bonds. The first kappa shape index (κ1) is 21.3. The van der Waals surface area contributed by atoms with Crippen LogP contribution in [0, 0.1) is 11.7 Å². The van der Waals surface area contributed by atoms with Crippen LogP contribution in [0.2, 0.25) is 0 Å². The lowest BCUT2D eigenvalue weighted by molar-refractivity contribution is -0.136. The van der Waals surface area contributed by atoms with Crippen LogP contribution in [0.4, 0.5) is 10.1 Å². The average molecular weight is 444 g/mol. The van der Waals surface area contributed by atoms with Crippen LogP contribution < -0.4 is 15.5 Å². The van der Waals surface area contributed by atoms with Gasteiger partial charge in [-0.3, -0.25) is 19.7 Å². The highest BCUT2D eigenvalue weighted by molar-refractivity contribution is 6.06. The summed E-state index contributed by atoms with van der Waals surface area (Å²) in [7, 11) is 0. The molecule has 1 aromatic carbocycles. The van der Waals surface area contributed by atoms with Gasteiger partial charge in [-0.1, -0.05) is 0 Å². The number of nitrogens with zero attached hydrogens (tertiary/aromatic N) is 3. The number of piperazine rings is 1. The Labute approximate surface area is 187 Å². The topological polar surface area (TPSA) is 85.0 Å². The molecule has 172 valence electrons. The summed E-state index contributed by atoms with van der Waals surface area (Å²) in [4.78, 5) is 42.9. The SMILES string of the molecule is O=C1CCC(N2Cc3c(ccc(F)c3N3CCC(CN4CCNCC4)CC3)C2=O)C(=O)N1. The maximum atomic E-state index is 15.0. The van der Waals surface area contributed by atoms with Crippen molar-refractivity contribution in [1.82, 2.24) is 20.4 Å². The Morgan fingerprint density at radius 2 is 1.75 bits per heavy atom. The zero-order chi connectivity index (χ0) is 22.2. The highest BCUT2D eigenvalue weighted by atomic mass is 19.1. The number of hydrogen-bond acceptors (Lipinski definition) is 6. The van der Waals surface area contributed by atoms with E-state index in [2.05, 4.69) is 20.4 Å². The summed E-state index contributed by atoms with van der Waals surface area (Å²) >= 11 is 0. The van der Waals surface area contributed by atoms with Gasteiger partial charge in [0, 0.05) is 69.9 Å². The van der Waals surface area contributed by atoms with Crippen LogP contribution in [-0.4, -0.2) is 79.4 Å². The number of carbonyl (C=O) groups excluding carboxylic acids is 3. The lowest BCUT2D eigenvalue weighted by Gasteiger charge is -2.38. The molecule has 4 heterocycles. The monoisotopic (exact) mass is 443 g/mol. The van der Waals surface area contributed by atoms with Crippen molar-refractivity contribution in [2.24, 2.45) is 5.92 Å². The smallest absolute Gasteiger partial charge is 0.255 e. The zero-order valence-corrected chi connectivity index (χ0v) is 18.2. The van der Waals surface area contributed by atoms with Crippen molar-refractivity contribution in [2.75, 3.05) is 50.7 Å². The molecule has 0 radical (unpaired) electrons. The number of imide groups is 1. The van der Waals surface area contributed by atoms with Gasteiger partial charge in [0.1, 0.15) is 11.9 Å². The molecule has 9 heteroatoms. The first-order valence-electron chi connectivity index (χ1n) is 11.7. The molecular weight excluding hydrogens is 413 g/mol. The van der Waals surface area contributed by atoms with Gasteiger partial charge < -0.3 is 20.0 Å². The number of nitrogens with one attached hydrogen (secondary N) is 2. The van der Waals surface area contributed by atoms with E-state index >= 15 is 4.39 Å². The minimum Gasteiger partial charge on any atom is -0.369 e. The quantitative estimate of drug-likeness (QED) is 0.667. The van der Waals surface area contributed by atoms with Crippen LogP contribution in [0.1, 0.15) is 41.6 Å². The van der Waals surface area contributed by atoms with E-state index in [1.54, 1.807) is 0 Å². The van der Waals surface area contributed by atoms with E-state index in [0.717, 1.165) is 58.7 Å². The number of hydrogen-bond donors (Lipinski definition) is 2. The van der Waals surface area contributed by atoms with Gasteiger partial charge in [0.15, 0.2) is 0 Å². The second-order valence-corrected chi connectivity index (χ2v) is 9.30. The van der Waals surface area contributed by atoms with E-state index in [4.69, 9.17) is 0 Å². The normalized spacial score (nSPS) is 25.3. The molecule has 5 rings (SSSR count). The van der Waals surface area contributed by atoms with E-state index in [-0.39, 0.29) is 30.6 Å². The first-order chi connectivity index (χ1) is 15.5. The average Bonchev–Trinajstić information content (AvgIpc) is 3.11. The molecule has 0 bridgehead atoms. The summed E-state index contributed by atoms with van der Waals surface area (Å²) in [5.41, 5.74) is 1.64. The number of rotatable bonds is 4. The lowest BCUT2D eigenvalue weighted by atomic mass is 9.94. The number of fused-ring (bicyclic) bond motifs is 1. The van der Waals surface area contributed by atoms with Crippen molar-refractivity contribution >= 4 is 23.4 Å². The maximum Gasteiger partial charge on any atom is 0.255 e. The Morgan fingerprint density at radius 1 is 1.00 bits per heavy atom. The van der Waals surface area contributed by atoms with Crippen molar-refractivity contribution < 1.29 is 18.8 Å². The van der Waals surface area contributed by atoms with Gasteiger partial charge in [-0.2, -0.15) is 0 Å². The maximum absolute atomic E-state index is 15.0. The molecule has 2 N–H and O–H groups in total. The van der Waals surface area contributed by atoms with Crippen LogP contribution in [0.5, 0.6) is 0 Å². The van der Waals surface area contributed by atoms with Crippen molar-refractivity contribution in [2.45, 2.75) is 38.3 Å².